The van der Waals surface area contributed by atoms with Gasteiger partial charge in [0.25, 0.3) is 0 Å². The predicted molar refractivity (Wildman–Crippen MR) is 73.6 cm³/mol. The zero-order valence-corrected chi connectivity index (χ0v) is 11.6. The van der Waals surface area contributed by atoms with Crippen LogP contribution in [0.5, 0.6) is 11.5 Å². The second-order valence-corrected chi connectivity index (χ2v) is 5.02. The van der Waals surface area contributed by atoms with E-state index >= 15 is 0 Å². The number of carboxylic acid groups (broad SMARTS) is 1. The van der Waals surface area contributed by atoms with E-state index in [-0.39, 0.29) is 11.5 Å². The van der Waals surface area contributed by atoms with E-state index in [2.05, 4.69) is 0 Å². The molecule has 100 valence electrons. The van der Waals surface area contributed by atoms with Crippen LogP contribution in [0.2, 0.25) is 5.02 Å². The van der Waals surface area contributed by atoms with Gasteiger partial charge in [-0.2, -0.15) is 0 Å². The molecular formula is C13H11ClO4S. The van der Waals surface area contributed by atoms with E-state index in [0.29, 0.717) is 16.5 Å². The third-order valence-electron chi connectivity index (χ3n) is 2.45. The van der Waals surface area contributed by atoms with E-state index in [1.807, 2.05) is 0 Å². The monoisotopic (exact) mass is 298 g/mol. The van der Waals surface area contributed by atoms with Crippen LogP contribution in [0.1, 0.15) is 15.2 Å². The predicted octanol–water partition coefficient (Wildman–Crippen LogP) is 3.69. The summed E-state index contributed by atoms with van der Waals surface area (Å²) in [5.41, 5.74) is 0.762. The number of rotatable bonds is 5. The molecule has 1 heterocycles. The van der Waals surface area contributed by atoms with Crippen LogP contribution in [-0.4, -0.2) is 18.2 Å². The van der Waals surface area contributed by atoms with Crippen LogP contribution in [0, 0.1) is 0 Å². The summed E-state index contributed by atoms with van der Waals surface area (Å²) in [6.07, 6.45) is 0. The molecule has 19 heavy (non-hydrogen) atoms. The van der Waals surface area contributed by atoms with Gasteiger partial charge in [0.2, 0.25) is 0 Å². The van der Waals surface area contributed by atoms with Gasteiger partial charge < -0.3 is 14.6 Å². The molecule has 4 nitrogen and oxygen atoms in total. The van der Waals surface area contributed by atoms with E-state index in [9.17, 15) is 4.79 Å². The molecule has 1 aromatic heterocycles. The number of aromatic carboxylic acids is 1. The minimum Gasteiger partial charge on any atom is -0.496 e. The van der Waals surface area contributed by atoms with E-state index in [1.165, 1.54) is 0 Å². The van der Waals surface area contributed by atoms with Gasteiger partial charge in [-0.15, -0.1) is 11.3 Å². The fourth-order valence-electron chi connectivity index (χ4n) is 1.58. The zero-order valence-electron chi connectivity index (χ0n) is 10.1. The van der Waals surface area contributed by atoms with Crippen LogP contribution >= 0.6 is 22.9 Å². The molecule has 0 saturated heterocycles. The lowest BCUT2D eigenvalue weighted by atomic mass is 10.2. The SMILES string of the molecule is COc1ccc(Cl)cc1COc1ccsc1C(=O)O. The minimum atomic E-state index is -0.997. The summed E-state index contributed by atoms with van der Waals surface area (Å²) in [5, 5.41) is 11.2. The lowest BCUT2D eigenvalue weighted by Gasteiger charge is -2.10. The molecule has 0 unspecified atom stereocenters. The first kappa shape index (κ1) is 13.7. The fraction of sp³-hybridized carbons (Fsp3) is 0.154. The Bertz CT molecular complexity index is 594. The summed E-state index contributed by atoms with van der Waals surface area (Å²) in [4.78, 5) is 11.1. The number of halogens is 1. The van der Waals surface area contributed by atoms with Crippen LogP contribution in [0.25, 0.3) is 0 Å². The van der Waals surface area contributed by atoms with Gasteiger partial charge >= 0.3 is 5.97 Å². The Balaban J connectivity index is 2.16. The van der Waals surface area contributed by atoms with Gasteiger partial charge in [0.15, 0.2) is 4.88 Å². The van der Waals surface area contributed by atoms with Crippen molar-refractivity contribution in [2.45, 2.75) is 6.61 Å². The van der Waals surface area contributed by atoms with E-state index in [0.717, 1.165) is 16.9 Å². The summed E-state index contributed by atoms with van der Waals surface area (Å²) in [6.45, 7) is 0.195. The molecule has 0 aliphatic rings. The maximum absolute atomic E-state index is 11.0. The number of ether oxygens (including phenoxy) is 2. The molecule has 6 heteroatoms. The average molecular weight is 299 g/mol. The Morgan fingerprint density at radius 3 is 2.84 bits per heavy atom. The highest BCUT2D eigenvalue weighted by atomic mass is 35.5. The molecule has 0 radical (unpaired) electrons. The molecule has 0 atom stereocenters. The second kappa shape index (κ2) is 5.95. The molecule has 0 fully saturated rings. The Kier molecular flexibility index (Phi) is 4.29. The van der Waals surface area contributed by atoms with Crippen LogP contribution in [0.15, 0.2) is 29.6 Å². The van der Waals surface area contributed by atoms with Gasteiger partial charge in [0, 0.05) is 10.6 Å². The van der Waals surface area contributed by atoms with Crippen molar-refractivity contribution in [2.24, 2.45) is 0 Å². The second-order valence-electron chi connectivity index (χ2n) is 3.66. The number of carboxylic acids is 1. The lowest BCUT2D eigenvalue weighted by Crippen LogP contribution is -2.01. The van der Waals surface area contributed by atoms with Crippen molar-refractivity contribution in [3.63, 3.8) is 0 Å². The maximum atomic E-state index is 11.0. The van der Waals surface area contributed by atoms with Crippen molar-refractivity contribution in [3.8, 4) is 11.5 Å². The van der Waals surface area contributed by atoms with E-state index in [1.54, 1.807) is 36.8 Å². The fourth-order valence-corrected chi connectivity index (χ4v) is 2.45. The number of hydrogen-bond acceptors (Lipinski definition) is 4. The topological polar surface area (TPSA) is 55.8 Å². The van der Waals surface area contributed by atoms with Crippen molar-refractivity contribution in [1.29, 1.82) is 0 Å². The summed E-state index contributed by atoms with van der Waals surface area (Å²) in [7, 11) is 1.56. The smallest absolute Gasteiger partial charge is 0.349 e. The summed E-state index contributed by atoms with van der Waals surface area (Å²) >= 11 is 7.04. The van der Waals surface area contributed by atoms with Crippen LogP contribution in [0.3, 0.4) is 0 Å². The molecule has 1 aromatic carbocycles. The minimum absolute atomic E-state index is 0.181. The zero-order chi connectivity index (χ0) is 13.8. The summed E-state index contributed by atoms with van der Waals surface area (Å²) in [6, 6.07) is 6.82. The van der Waals surface area contributed by atoms with Gasteiger partial charge in [-0.25, -0.2) is 4.79 Å². The standard InChI is InChI=1S/C13H11ClO4S/c1-17-10-3-2-9(14)6-8(10)7-18-11-4-5-19-12(11)13(15)16/h2-6H,7H2,1H3,(H,15,16). The van der Waals surface area contributed by atoms with Crippen molar-refractivity contribution in [3.05, 3.63) is 45.1 Å². The van der Waals surface area contributed by atoms with Gasteiger partial charge in [0.1, 0.15) is 18.1 Å². The third kappa shape index (κ3) is 3.19. The number of thiophene rings is 1. The molecule has 0 aliphatic heterocycles. The highest BCUT2D eigenvalue weighted by Gasteiger charge is 2.14. The highest BCUT2D eigenvalue weighted by molar-refractivity contribution is 7.12. The number of hydrogen-bond donors (Lipinski definition) is 1. The molecule has 0 saturated carbocycles. The van der Waals surface area contributed by atoms with Crippen molar-refractivity contribution >= 4 is 28.9 Å². The Morgan fingerprint density at radius 1 is 1.37 bits per heavy atom. The molecular weight excluding hydrogens is 288 g/mol. The average Bonchev–Trinajstić information content (AvgIpc) is 2.85. The third-order valence-corrected chi connectivity index (χ3v) is 3.57. The molecule has 0 bridgehead atoms. The van der Waals surface area contributed by atoms with E-state index in [4.69, 9.17) is 26.2 Å². The Hall–Kier alpha value is -1.72. The van der Waals surface area contributed by atoms with Crippen LogP contribution in [0.4, 0.5) is 0 Å². The molecule has 0 spiro atoms. The first-order valence-electron chi connectivity index (χ1n) is 5.38. The van der Waals surface area contributed by atoms with Crippen LogP contribution in [-0.2, 0) is 6.61 Å². The van der Waals surface area contributed by atoms with Crippen LogP contribution < -0.4 is 9.47 Å². The largest absolute Gasteiger partial charge is 0.496 e. The van der Waals surface area contributed by atoms with Crippen molar-refractivity contribution in [2.75, 3.05) is 7.11 Å². The normalized spacial score (nSPS) is 10.2. The summed E-state index contributed by atoms with van der Waals surface area (Å²) in [5.74, 6) is -0.000841. The first-order valence-corrected chi connectivity index (χ1v) is 6.63. The Labute approximate surface area is 119 Å². The molecule has 2 rings (SSSR count). The summed E-state index contributed by atoms with van der Waals surface area (Å²) < 4.78 is 10.7. The molecule has 0 aliphatic carbocycles. The molecule has 1 N–H and O–H groups in total. The van der Waals surface area contributed by atoms with Crippen molar-refractivity contribution in [1.82, 2.24) is 0 Å². The number of methoxy groups -OCH3 is 1. The van der Waals surface area contributed by atoms with Gasteiger partial charge in [-0.05, 0) is 29.6 Å². The maximum Gasteiger partial charge on any atom is 0.349 e. The van der Waals surface area contributed by atoms with Gasteiger partial charge in [-0.1, -0.05) is 11.6 Å². The molecule has 2 aromatic rings. The Morgan fingerprint density at radius 2 is 2.16 bits per heavy atom. The van der Waals surface area contributed by atoms with Gasteiger partial charge in [-0.3, -0.25) is 0 Å². The lowest BCUT2D eigenvalue weighted by molar-refractivity contribution is 0.0697. The van der Waals surface area contributed by atoms with E-state index < -0.39 is 5.97 Å². The first-order chi connectivity index (χ1) is 9.11. The quantitative estimate of drug-likeness (QED) is 0.914. The number of carbonyl (C=O) groups is 1. The van der Waals surface area contributed by atoms with Crippen molar-refractivity contribution < 1.29 is 19.4 Å². The van der Waals surface area contributed by atoms with Gasteiger partial charge in [0.05, 0.1) is 7.11 Å². The molecule has 0 amide bonds. The number of benzene rings is 1. The highest BCUT2D eigenvalue weighted by Crippen LogP contribution is 2.28.